The molecule has 18 heavy (non-hydrogen) atoms. The summed E-state index contributed by atoms with van der Waals surface area (Å²) in [6, 6.07) is 13.2. The van der Waals surface area contributed by atoms with Crippen LogP contribution in [0.1, 0.15) is 43.2 Å². The van der Waals surface area contributed by atoms with Gasteiger partial charge in [0.2, 0.25) is 0 Å². The summed E-state index contributed by atoms with van der Waals surface area (Å²) in [5, 5.41) is 3.53. The molecular weight excluding hydrogens is 222 g/mol. The Labute approximate surface area is 109 Å². The van der Waals surface area contributed by atoms with E-state index in [1.165, 1.54) is 11.1 Å². The molecule has 0 spiro atoms. The number of aryl methyl sites for hydroxylation is 1. The topological polar surface area (TPSA) is 25.2 Å². The SMILES string of the molecule is CCc1ccc(C(CC)NCc2ccco2)cc1. The van der Waals surface area contributed by atoms with Crippen molar-refractivity contribution in [3.8, 4) is 0 Å². The minimum absolute atomic E-state index is 0.390. The number of nitrogens with one attached hydrogen (secondary N) is 1. The summed E-state index contributed by atoms with van der Waals surface area (Å²) in [4.78, 5) is 0. The Kier molecular flexibility index (Phi) is 4.59. The maximum Gasteiger partial charge on any atom is 0.117 e. The van der Waals surface area contributed by atoms with Crippen LogP contribution in [0.5, 0.6) is 0 Å². The van der Waals surface area contributed by atoms with Gasteiger partial charge in [0.25, 0.3) is 0 Å². The predicted octanol–water partition coefficient (Wildman–Crippen LogP) is 4.08. The highest BCUT2D eigenvalue weighted by Gasteiger charge is 2.09. The lowest BCUT2D eigenvalue weighted by atomic mass is 10.0. The molecule has 0 aliphatic heterocycles. The van der Waals surface area contributed by atoms with E-state index in [9.17, 15) is 0 Å². The van der Waals surface area contributed by atoms with Gasteiger partial charge in [0.1, 0.15) is 5.76 Å². The van der Waals surface area contributed by atoms with Gasteiger partial charge in [0.05, 0.1) is 12.8 Å². The van der Waals surface area contributed by atoms with Crippen LogP contribution in [0.2, 0.25) is 0 Å². The molecule has 0 aliphatic carbocycles. The fraction of sp³-hybridized carbons (Fsp3) is 0.375. The second-order valence-electron chi connectivity index (χ2n) is 4.52. The van der Waals surface area contributed by atoms with Crippen molar-refractivity contribution in [1.82, 2.24) is 5.32 Å². The first kappa shape index (κ1) is 12.9. The molecule has 0 radical (unpaired) electrons. The molecule has 2 rings (SSSR count). The molecule has 0 amide bonds. The largest absolute Gasteiger partial charge is 0.468 e. The lowest BCUT2D eigenvalue weighted by Gasteiger charge is -2.17. The fourth-order valence-corrected chi connectivity index (χ4v) is 2.12. The van der Waals surface area contributed by atoms with Gasteiger partial charge in [-0.2, -0.15) is 0 Å². The molecule has 1 atom stereocenters. The van der Waals surface area contributed by atoms with E-state index >= 15 is 0 Å². The van der Waals surface area contributed by atoms with Crippen LogP contribution in [-0.2, 0) is 13.0 Å². The van der Waals surface area contributed by atoms with Crippen molar-refractivity contribution in [1.29, 1.82) is 0 Å². The molecule has 0 saturated heterocycles. The Balaban J connectivity index is 1.98. The van der Waals surface area contributed by atoms with E-state index in [2.05, 4.69) is 43.4 Å². The Hall–Kier alpha value is -1.54. The highest BCUT2D eigenvalue weighted by atomic mass is 16.3. The summed E-state index contributed by atoms with van der Waals surface area (Å²) in [5.41, 5.74) is 2.74. The summed E-state index contributed by atoms with van der Waals surface area (Å²) >= 11 is 0. The Morgan fingerprint density at radius 3 is 2.44 bits per heavy atom. The van der Waals surface area contributed by atoms with Gasteiger partial charge in [-0.05, 0) is 36.1 Å². The number of hydrogen-bond donors (Lipinski definition) is 1. The normalized spacial score (nSPS) is 12.6. The summed E-state index contributed by atoms with van der Waals surface area (Å²) in [6.07, 6.45) is 3.89. The molecule has 1 unspecified atom stereocenters. The summed E-state index contributed by atoms with van der Waals surface area (Å²) in [5.74, 6) is 0.985. The van der Waals surface area contributed by atoms with Crippen molar-refractivity contribution < 1.29 is 4.42 Å². The molecule has 96 valence electrons. The zero-order valence-electron chi connectivity index (χ0n) is 11.1. The van der Waals surface area contributed by atoms with Crippen LogP contribution < -0.4 is 5.32 Å². The zero-order chi connectivity index (χ0) is 12.8. The minimum atomic E-state index is 0.390. The van der Waals surface area contributed by atoms with E-state index < -0.39 is 0 Å². The van der Waals surface area contributed by atoms with Gasteiger partial charge in [0.15, 0.2) is 0 Å². The molecule has 1 heterocycles. The average Bonchev–Trinajstić information content (AvgIpc) is 2.93. The van der Waals surface area contributed by atoms with Crippen LogP contribution in [0.25, 0.3) is 0 Å². The summed E-state index contributed by atoms with van der Waals surface area (Å²) in [7, 11) is 0. The lowest BCUT2D eigenvalue weighted by Crippen LogP contribution is -2.19. The first-order chi connectivity index (χ1) is 8.83. The second-order valence-corrected chi connectivity index (χ2v) is 4.52. The molecular formula is C16H21NO. The molecule has 2 heteroatoms. The average molecular weight is 243 g/mol. The van der Waals surface area contributed by atoms with E-state index in [0.29, 0.717) is 6.04 Å². The van der Waals surface area contributed by atoms with Gasteiger partial charge < -0.3 is 9.73 Å². The van der Waals surface area contributed by atoms with Crippen LogP contribution >= 0.6 is 0 Å². The molecule has 0 bridgehead atoms. The third kappa shape index (κ3) is 3.23. The van der Waals surface area contributed by atoms with Crippen LogP contribution in [0, 0.1) is 0 Å². The molecule has 0 fully saturated rings. The third-order valence-electron chi connectivity index (χ3n) is 3.30. The first-order valence-corrected chi connectivity index (χ1v) is 6.68. The number of rotatable bonds is 6. The van der Waals surface area contributed by atoms with E-state index in [0.717, 1.165) is 25.1 Å². The van der Waals surface area contributed by atoms with E-state index in [4.69, 9.17) is 4.42 Å². The zero-order valence-corrected chi connectivity index (χ0v) is 11.1. The summed E-state index contributed by atoms with van der Waals surface area (Å²) in [6.45, 7) is 5.16. The molecule has 0 aliphatic rings. The summed E-state index contributed by atoms with van der Waals surface area (Å²) < 4.78 is 5.34. The van der Waals surface area contributed by atoms with Crippen molar-refractivity contribution in [2.45, 2.75) is 39.3 Å². The maximum absolute atomic E-state index is 5.34. The lowest BCUT2D eigenvalue weighted by molar-refractivity contribution is 0.443. The van der Waals surface area contributed by atoms with Crippen LogP contribution in [0.4, 0.5) is 0 Å². The van der Waals surface area contributed by atoms with Gasteiger partial charge >= 0.3 is 0 Å². The first-order valence-electron chi connectivity index (χ1n) is 6.68. The Morgan fingerprint density at radius 1 is 1.11 bits per heavy atom. The van der Waals surface area contributed by atoms with E-state index in [1.54, 1.807) is 6.26 Å². The van der Waals surface area contributed by atoms with Gasteiger partial charge in [0, 0.05) is 6.04 Å². The molecule has 0 saturated carbocycles. The number of benzene rings is 1. The standard InChI is InChI=1S/C16H21NO/c1-3-13-7-9-14(10-8-13)16(4-2)17-12-15-6-5-11-18-15/h5-11,16-17H,3-4,12H2,1-2H3. The molecule has 2 aromatic rings. The van der Waals surface area contributed by atoms with Crippen molar-refractivity contribution in [3.05, 3.63) is 59.5 Å². The van der Waals surface area contributed by atoms with Crippen LogP contribution in [0.15, 0.2) is 47.1 Å². The maximum atomic E-state index is 5.34. The Bertz CT molecular complexity index is 444. The second kappa shape index (κ2) is 6.41. The van der Waals surface area contributed by atoms with Gasteiger partial charge in [-0.3, -0.25) is 0 Å². The van der Waals surface area contributed by atoms with Crippen LogP contribution in [-0.4, -0.2) is 0 Å². The van der Waals surface area contributed by atoms with E-state index in [-0.39, 0.29) is 0 Å². The number of hydrogen-bond acceptors (Lipinski definition) is 2. The highest BCUT2D eigenvalue weighted by molar-refractivity contribution is 5.25. The van der Waals surface area contributed by atoms with Crippen molar-refractivity contribution >= 4 is 0 Å². The van der Waals surface area contributed by atoms with Crippen molar-refractivity contribution in [3.63, 3.8) is 0 Å². The van der Waals surface area contributed by atoms with Gasteiger partial charge in [-0.15, -0.1) is 0 Å². The fourth-order valence-electron chi connectivity index (χ4n) is 2.12. The molecule has 1 aromatic carbocycles. The van der Waals surface area contributed by atoms with Crippen molar-refractivity contribution in [2.75, 3.05) is 0 Å². The highest BCUT2D eigenvalue weighted by Crippen LogP contribution is 2.18. The minimum Gasteiger partial charge on any atom is -0.468 e. The Morgan fingerprint density at radius 2 is 1.89 bits per heavy atom. The van der Waals surface area contributed by atoms with Gasteiger partial charge in [-0.1, -0.05) is 38.1 Å². The predicted molar refractivity (Wildman–Crippen MR) is 74.4 cm³/mol. The van der Waals surface area contributed by atoms with Gasteiger partial charge in [-0.25, -0.2) is 0 Å². The van der Waals surface area contributed by atoms with Crippen LogP contribution in [0.3, 0.4) is 0 Å². The molecule has 1 aromatic heterocycles. The number of furan rings is 1. The molecule has 1 N–H and O–H groups in total. The third-order valence-corrected chi connectivity index (χ3v) is 3.30. The monoisotopic (exact) mass is 243 g/mol. The molecule has 2 nitrogen and oxygen atoms in total. The quantitative estimate of drug-likeness (QED) is 0.827. The van der Waals surface area contributed by atoms with Crippen molar-refractivity contribution in [2.24, 2.45) is 0 Å². The smallest absolute Gasteiger partial charge is 0.117 e. The van der Waals surface area contributed by atoms with E-state index in [1.807, 2.05) is 12.1 Å².